The number of aliphatic hydroxyl groups excluding tert-OH is 1. The number of para-hydroxylation sites is 1. The lowest BCUT2D eigenvalue weighted by atomic mass is 10.1. The van der Waals surface area contributed by atoms with Gasteiger partial charge in [0.05, 0.1) is 12.7 Å². The Morgan fingerprint density at radius 3 is 2.84 bits per heavy atom. The van der Waals surface area contributed by atoms with Crippen LogP contribution in [-0.2, 0) is 0 Å². The van der Waals surface area contributed by atoms with Crippen molar-refractivity contribution in [2.24, 2.45) is 5.92 Å². The van der Waals surface area contributed by atoms with Crippen molar-refractivity contribution in [2.75, 3.05) is 26.2 Å². The molecule has 106 valence electrons. The summed E-state index contributed by atoms with van der Waals surface area (Å²) < 4.78 is 5.59. The standard InChI is InChI=1S/C16H25NO2/c1-3-13-9-10-17(11-13)12-15(18)14-7-5-6-8-16(14)19-4-2/h5-8,13,15,18H,3-4,9-12H2,1-2H3. The normalized spacial score (nSPS) is 21.5. The Kier molecular flexibility index (Phi) is 5.23. The molecular formula is C16H25NO2. The fourth-order valence-electron chi connectivity index (χ4n) is 2.80. The number of hydrogen-bond donors (Lipinski definition) is 1. The Labute approximate surface area is 116 Å². The summed E-state index contributed by atoms with van der Waals surface area (Å²) in [5.74, 6) is 1.61. The van der Waals surface area contributed by atoms with E-state index in [1.165, 1.54) is 12.8 Å². The van der Waals surface area contributed by atoms with Gasteiger partial charge in [-0.15, -0.1) is 0 Å². The van der Waals surface area contributed by atoms with Gasteiger partial charge >= 0.3 is 0 Å². The smallest absolute Gasteiger partial charge is 0.125 e. The molecule has 0 spiro atoms. The lowest BCUT2D eigenvalue weighted by molar-refractivity contribution is 0.120. The van der Waals surface area contributed by atoms with E-state index in [1.807, 2.05) is 31.2 Å². The summed E-state index contributed by atoms with van der Waals surface area (Å²) in [5.41, 5.74) is 0.907. The molecule has 1 aromatic rings. The third-order valence-corrected chi connectivity index (χ3v) is 3.96. The fourth-order valence-corrected chi connectivity index (χ4v) is 2.80. The van der Waals surface area contributed by atoms with Crippen LogP contribution in [0.3, 0.4) is 0 Å². The average Bonchev–Trinajstić information content (AvgIpc) is 2.87. The number of β-amino-alcohol motifs (C(OH)–C–C–N with tert-alkyl or cyclic N) is 1. The van der Waals surface area contributed by atoms with Gasteiger partial charge in [-0.25, -0.2) is 0 Å². The van der Waals surface area contributed by atoms with E-state index in [9.17, 15) is 5.11 Å². The first-order chi connectivity index (χ1) is 9.24. The van der Waals surface area contributed by atoms with Crippen molar-refractivity contribution in [1.29, 1.82) is 0 Å². The van der Waals surface area contributed by atoms with E-state index in [-0.39, 0.29) is 0 Å². The molecule has 0 aliphatic carbocycles. The molecule has 1 heterocycles. The summed E-state index contributed by atoms with van der Waals surface area (Å²) in [5, 5.41) is 10.4. The molecule has 2 unspecified atom stereocenters. The number of rotatable bonds is 6. The van der Waals surface area contributed by atoms with Gasteiger partial charge in [0.2, 0.25) is 0 Å². The van der Waals surface area contributed by atoms with Crippen molar-refractivity contribution >= 4 is 0 Å². The summed E-state index contributed by atoms with van der Waals surface area (Å²) >= 11 is 0. The highest BCUT2D eigenvalue weighted by atomic mass is 16.5. The fraction of sp³-hybridized carbons (Fsp3) is 0.625. The molecule has 2 rings (SSSR count). The molecule has 0 radical (unpaired) electrons. The predicted molar refractivity (Wildman–Crippen MR) is 77.4 cm³/mol. The average molecular weight is 263 g/mol. The molecule has 0 bridgehead atoms. The molecule has 3 heteroatoms. The largest absolute Gasteiger partial charge is 0.493 e. The SMILES string of the molecule is CCOc1ccccc1C(O)CN1CCC(CC)C1. The highest BCUT2D eigenvalue weighted by Crippen LogP contribution is 2.27. The Morgan fingerprint density at radius 2 is 2.16 bits per heavy atom. The van der Waals surface area contributed by atoms with Gasteiger partial charge in [0.1, 0.15) is 5.75 Å². The molecule has 19 heavy (non-hydrogen) atoms. The zero-order chi connectivity index (χ0) is 13.7. The molecule has 1 aliphatic rings. The second-order valence-electron chi connectivity index (χ2n) is 5.31. The molecule has 3 nitrogen and oxygen atoms in total. The molecule has 0 saturated carbocycles. The molecule has 1 saturated heterocycles. The number of ether oxygens (including phenoxy) is 1. The van der Waals surface area contributed by atoms with E-state index in [4.69, 9.17) is 4.74 Å². The lowest BCUT2D eigenvalue weighted by Gasteiger charge is -2.22. The molecule has 2 atom stereocenters. The zero-order valence-corrected chi connectivity index (χ0v) is 12.0. The maximum Gasteiger partial charge on any atom is 0.125 e. The summed E-state index contributed by atoms with van der Waals surface area (Å²) in [7, 11) is 0. The Bertz CT molecular complexity index is 394. The Balaban J connectivity index is 1.98. The first kappa shape index (κ1) is 14.4. The molecule has 1 N–H and O–H groups in total. The number of nitrogens with zero attached hydrogens (tertiary/aromatic N) is 1. The summed E-state index contributed by atoms with van der Waals surface area (Å²) in [6, 6.07) is 7.80. The van der Waals surface area contributed by atoms with Crippen LogP contribution in [0, 0.1) is 5.92 Å². The number of likely N-dealkylation sites (tertiary alicyclic amines) is 1. The monoisotopic (exact) mass is 263 g/mol. The van der Waals surface area contributed by atoms with Crippen molar-refractivity contribution < 1.29 is 9.84 Å². The van der Waals surface area contributed by atoms with Gasteiger partial charge in [-0.2, -0.15) is 0 Å². The van der Waals surface area contributed by atoms with Crippen LogP contribution in [0.1, 0.15) is 38.4 Å². The minimum absolute atomic E-state index is 0.460. The van der Waals surface area contributed by atoms with E-state index in [0.717, 1.165) is 30.3 Å². The van der Waals surface area contributed by atoms with E-state index in [1.54, 1.807) is 0 Å². The number of benzene rings is 1. The van der Waals surface area contributed by atoms with Crippen LogP contribution in [0.2, 0.25) is 0 Å². The van der Waals surface area contributed by atoms with Crippen molar-refractivity contribution in [3.05, 3.63) is 29.8 Å². The molecule has 1 aliphatic heterocycles. The lowest BCUT2D eigenvalue weighted by Crippen LogP contribution is -2.26. The quantitative estimate of drug-likeness (QED) is 0.856. The van der Waals surface area contributed by atoms with Gasteiger partial charge in [0.15, 0.2) is 0 Å². The van der Waals surface area contributed by atoms with Crippen molar-refractivity contribution in [3.63, 3.8) is 0 Å². The van der Waals surface area contributed by atoms with Crippen LogP contribution in [0.5, 0.6) is 5.75 Å². The van der Waals surface area contributed by atoms with E-state index >= 15 is 0 Å². The van der Waals surface area contributed by atoms with Crippen LogP contribution in [0.25, 0.3) is 0 Å². The Hall–Kier alpha value is -1.06. The minimum atomic E-state index is -0.460. The van der Waals surface area contributed by atoms with Gasteiger partial charge in [-0.05, 0) is 31.9 Å². The van der Waals surface area contributed by atoms with Gasteiger partial charge in [0, 0.05) is 18.7 Å². The third kappa shape index (κ3) is 3.71. The second kappa shape index (κ2) is 6.92. The molecule has 1 aromatic carbocycles. The Morgan fingerprint density at radius 1 is 1.37 bits per heavy atom. The van der Waals surface area contributed by atoms with Crippen LogP contribution in [0.4, 0.5) is 0 Å². The van der Waals surface area contributed by atoms with Crippen LogP contribution >= 0.6 is 0 Å². The third-order valence-electron chi connectivity index (χ3n) is 3.96. The summed E-state index contributed by atoms with van der Waals surface area (Å²) in [6.45, 7) is 7.77. The molecule has 0 amide bonds. The maximum absolute atomic E-state index is 10.4. The van der Waals surface area contributed by atoms with Gasteiger partial charge in [-0.1, -0.05) is 31.5 Å². The van der Waals surface area contributed by atoms with E-state index in [2.05, 4.69) is 11.8 Å². The van der Waals surface area contributed by atoms with Crippen LogP contribution < -0.4 is 4.74 Å². The van der Waals surface area contributed by atoms with Crippen molar-refractivity contribution in [3.8, 4) is 5.75 Å². The van der Waals surface area contributed by atoms with Crippen molar-refractivity contribution in [2.45, 2.75) is 32.8 Å². The second-order valence-corrected chi connectivity index (χ2v) is 5.31. The summed E-state index contributed by atoms with van der Waals surface area (Å²) in [6.07, 6.45) is 2.04. The predicted octanol–water partition coefficient (Wildman–Crippen LogP) is 2.85. The van der Waals surface area contributed by atoms with Gasteiger partial charge < -0.3 is 14.7 Å². The molecular weight excluding hydrogens is 238 g/mol. The van der Waals surface area contributed by atoms with E-state index < -0.39 is 6.10 Å². The number of hydrogen-bond acceptors (Lipinski definition) is 3. The highest BCUT2D eigenvalue weighted by molar-refractivity contribution is 5.35. The van der Waals surface area contributed by atoms with Gasteiger partial charge in [0.25, 0.3) is 0 Å². The van der Waals surface area contributed by atoms with E-state index in [0.29, 0.717) is 13.2 Å². The topological polar surface area (TPSA) is 32.7 Å². The van der Waals surface area contributed by atoms with Crippen LogP contribution in [-0.4, -0.2) is 36.2 Å². The minimum Gasteiger partial charge on any atom is -0.493 e. The number of aliphatic hydroxyl groups is 1. The molecule has 0 aromatic heterocycles. The highest BCUT2D eigenvalue weighted by Gasteiger charge is 2.24. The molecule has 1 fully saturated rings. The first-order valence-electron chi connectivity index (χ1n) is 7.36. The van der Waals surface area contributed by atoms with Gasteiger partial charge in [-0.3, -0.25) is 0 Å². The maximum atomic E-state index is 10.4. The first-order valence-corrected chi connectivity index (χ1v) is 7.36. The van der Waals surface area contributed by atoms with Crippen molar-refractivity contribution in [1.82, 2.24) is 4.90 Å². The summed E-state index contributed by atoms with van der Waals surface area (Å²) in [4.78, 5) is 2.36. The van der Waals surface area contributed by atoms with Crippen LogP contribution in [0.15, 0.2) is 24.3 Å². The zero-order valence-electron chi connectivity index (χ0n) is 12.0.